The second-order valence-electron chi connectivity index (χ2n) is 0. The molecule has 0 fully saturated rings. The van der Waals surface area contributed by atoms with Gasteiger partial charge in [-0.05, 0) is 0 Å². The second-order valence-corrected chi connectivity index (χ2v) is 0. The van der Waals surface area contributed by atoms with E-state index in [1.165, 1.54) is 0 Å². The molecule has 0 aliphatic heterocycles. The van der Waals surface area contributed by atoms with Crippen molar-refractivity contribution in [2.45, 2.75) is 0 Å². The van der Waals surface area contributed by atoms with Crippen LogP contribution in [0.1, 0.15) is 0 Å². The molecule has 0 saturated carbocycles. The third-order valence-electron chi connectivity index (χ3n) is 0. The van der Waals surface area contributed by atoms with Crippen LogP contribution in [0, 0.1) is 0 Å². The molecule has 0 rings (SSSR count). The van der Waals surface area contributed by atoms with Gasteiger partial charge in [-0.3, -0.25) is 0 Å². The monoisotopic (exact) mass is 189 g/mol. The van der Waals surface area contributed by atoms with Crippen molar-refractivity contribution in [3.05, 3.63) is 0 Å². The fraction of sp³-hybridized carbons (Fsp3) is 0. The average Bonchev–Trinajstić information content (AvgIpc) is 0. The molecule has 3 nitrogen and oxygen atoms in total. The quantitative estimate of drug-likeness (QED) is 0.498. The van der Waals surface area contributed by atoms with Gasteiger partial charge < -0.3 is 16.4 Å². The summed E-state index contributed by atoms with van der Waals surface area (Å²) in [7, 11) is 0. The van der Waals surface area contributed by atoms with Crippen molar-refractivity contribution in [1.82, 2.24) is 0 Å². The van der Waals surface area contributed by atoms with Crippen LogP contribution < -0.4 is 0 Å². The van der Waals surface area contributed by atoms with Crippen LogP contribution in [0.5, 0.6) is 0 Å². The van der Waals surface area contributed by atoms with Gasteiger partial charge in [-0.1, -0.05) is 0 Å². The van der Waals surface area contributed by atoms with Crippen LogP contribution in [0.2, 0.25) is 0 Å². The van der Waals surface area contributed by atoms with Crippen LogP contribution in [0.3, 0.4) is 0 Å². The molecule has 0 atom stereocenters. The minimum Gasteiger partial charge on any atom is -2.00 e. The summed E-state index contributed by atoms with van der Waals surface area (Å²) in [6.07, 6.45) is 0. The molecule has 0 aliphatic carbocycles. The van der Waals surface area contributed by atoms with E-state index in [0.29, 0.717) is 0 Å². The molecule has 0 bridgehead atoms. The summed E-state index contributed by atoms with van der Waals surface area (Å²) >= 11 is 0. The zero-order valence-electron chi connectivity index (χ0n) is 2.21. The molecule has 0 amide bonds. The summed E-state index contributed by atoms with van der Waals surface area (Å²) in [4.78, 5) is 0. The van der Waals surface area contributed by atoms with E-state index in [4.69, 9.17) is 0 Å². The molecule has 0 heterocycles. The van der Waals surface area contributed by atoms with Gasteiger partial charge in [0.2, 0.25) is 0 Å². The predicted octanol–water partition coefficient (Wildman–Crippen LogP) is -0.361. The van der Waals surface area contributed by atoms with Crippen LogP contribution >= 0.6 is 0 Å². The molecule has 0 unspecified atom stereocenters. The molecule has 5 heteroatoms. The summed E-state index contributed by atoms with van der Waals surface area (Å²) in [5.41, 5.74) is 0. The van der Waals surface area contributed by atoms with Crippen LogP contribution in [-0.4, -0.2) is 0 Å². The molecule has 0 saturated heterocycles. The van der Waals surface area contributed by atoms with Crippen molar-refractivity contribution in [1.29, 1.82) is 0 Å². The van der Waals surface area contributed by atoms with Gasteiger partial charge in [0.05, 0.1) is 0 Å². The van der Waals surface area contributed by atoms with Gasteiger partial charge in [-0.15, -0.1) is 0 Å². The fourth-order valence-electron chi connectivity index (χ4n) is 0. The van der Waals surface area contributed by atoms with E-state index in [-0.39, 0.29) is 66.5 Å². The van der Waals surface area contributed by atoms with Gasteiger partial charge in [0, 0.05) is 0 Å². The SMILES string of the molecule is [Cr+3].[O-2].[O-2].[O-2].[Y+3]. The van der Waals surface area contributed by atoms with Gasteiger partial charge in [0.1, 0.15) is 0 Å². The first kappa shape index (κ1) is 86.2. The maximum Gasteiger partial charge on any atom is 3.00 e. The van der Waals surface area contributed by atoms with E-state index in [1.54, 1.807) is 0 Å². The normalized spacial score (nSPS) is 0. The van der Waals surface area contributed by atoms with Crippen molar-refractivity contribution in [2.75, 3.05) is 0 Å². The summed E-state index contributed by atoms with van der Waals surface area (Å²) < 4.78 is 0. The Morgan fingerprint density at radius 1 is 0.600 bits per heavy atom. The Kier molecular flexibility index (Phi) is 844. The van der Waals surface area contributed by atoms with E-state index in [1.807, 2.05) is 0 Å². The first-order valence-corrected chi connectivity index (χ1v) is 0. The van der Waals surface area contributed by atoms with Crippen molar-refractivity contribution < 1.29 is 66.5 Å². The number of rotatable bonds is 0. The summed E-state index contributed by atoms with van der Waals surface area (Å²) in [6, 6.07) is 0. The van der Waals surface area contributed by atoms with Crippen LogP contribution in [0.4, 0.5) is 0 Å². The maximum absolute atomic E-state index is 0. The van der Waals surface area contributed by atoms with Gasteiger partial charge in [0.15, 0.2) is 0 Å². The largest absolute Gasteiger partial charge is 3.00 e. The summed E-state index contributed by atoms with van der Waals surface area (Å²) in [6.45, 7) is 0. The van der Waals surface area contributed by atoms with Crippen LogP contribution in [-0.2, 0) is 66.5 Å². The molecule has 0 aliphatic rings. The Labute approximate surface area is 66.1 Å². The first-order valence-electron chi connectivity index (χ1n) is 0. The van der Waals surface area contributed by atoms with E-state index >= 15 is 0 Å². The van der Waals surface area contributed by atoms with E-state index in [0.717, 1.165) is 0 Å². The van der Waals surface area contributed by atoms with Gasteiger partial charge in [0.25, 0.3) is 0 Å². The summed E-state index contributed by atoms with van der Waals surface area (Å²) in [5.74, 6) is 0. The van der Waals surface area contributed by atoms with Gasteiger partial charge >= 0.3 is 50.1 Å². The minimum atomic E-state index is 0. The van der Waals surface area contributed by atoms with Crippen LogP contribution in [0.25, 0.3) is 0 Å². The smallest absolute Gasteiger partial charge is 2.00 e. The molecule has 5 heavy (non-hydrogen) atoms. The average molecular weight is 189 g/mol. The van der Waals surface area contributed by atoms with E-state index in [9.17, 15) is 0 Å². The first-order chi connectivity index (χ1) is 0. The van der Waals surface area contributed by atoms with Crippen molar-refractivity contribution in [2.24, 2.45) is 0 Å². The molecule has 0 aromatic carbocycles. The third kappa shape index (κ3) is 29.7. The van der Waals surface area contributed by atoms with E-state index < -0.39 is 0 Å². The van der Waals surface area contributed by atoms with Crippen LogP contribution in [0.15, 0.2) is 0 Å². The topological polar surface area (TPSA) is 85.5 Å². The molecule has 0 spiro atoms. The molecule has 0 aromatic rings. The number of hydrogen-bond donors (Lipinski definition) is 0. The molecule has 0 aromatic heterocycles. The third-order valence-corrected chi connectivity index (χ3v) is 0. The molecule has 0 N–H and O–H groups in total. The standard InChI is InChI=1S/Cr.3O.Y/q+3;3*-2;+3. The molecular weight excluding hydrogens is 189 g/mol. The fourth-order valence-corrected chi connectivity index (χ4v) is 0. The second kappa shape index (κ2) is 48.9. The molecular formula is CrO3Y. The van der Waals surface area contributed by atoms with E-state index in [2.05, 4.69) is 0 Å². The molecule has 1 radical (unpaired) electrons. The molecule has 27 valence electrons. The van der Waals surface area contributed by atoms with Crippen molar-refractivity contribution in [3.8, 4) is 0 Å². The predicted molar refractivity (Wildman–Crippen MR) is 2.06 cm³/mol. The van der Waals surface area contributed by atoms with Crippen molar-refractivity contribution in [3.63, 3.8) is 0 Å². The minimum absolute atomic E-state index is 0. The maximum atomic E-state index is 0. The summed E-state index contributed by atoms with van der Waals surface area (Å²) in [5, 5.41) is 0. The zero-order valence-corrected chi connectivity index (χ0v) is 6.32. The van der Waals surface area contributed by atoms with Crippen molar-refractivity contribution >= 4 is 0 Å². The van der Waals surface area contributed by atoms with Gasteiger partial charge in [-0.25, -0.2) is 0 Å². The number of hydrogen-bond acceptors (Lipinski definition) is 0. The van der Waals surface area contributed by atoms with Gasteiger partial charge in [-0.2, -0.15) is 0 Å². The Hall–Kier alpha value is 1.52. The Bertz CT molecular complexity index is 6.85. The zero-order chi connectivity index (χ0) is 0. The Balaban J connectivity index is 0. The Morgan fingerprint density at radius 2 is 0.600 bits per heavy atom. The Morgan fingerprint density at radius 3 is 0.600 bits per heavy atom.